The van der Waals surface area contributed by atoms with E-state index in [9.17, 15) is 9.59 Å². The maximum absolute atomic E-state index is 11.8. The van der Waals surface area contributed by atoms with Gasteiger partial charge in [0.05, 0.1) is 10.6 Å². The van der Waals surface area contributed by atoms with Gasteiger partial charge in [0.15, 0.2) is 6.61 Å². The van der Waals surface area contributed by atoms with Gasteiger partial charge in [-0.1, -0.05) is 41.4 Å². The average Bonchev–Trinajstić information content (AvgIpc) is 2.59. The van der Waals surface area contributed by atoms with Gasteiger partial charge in [-0.2, -0.15) is 5.26 Å². The molecule has 0 aliphatic heterocycles. The van der Waals surface area contributed by atoms with E-state index in [0.717, 1.165) is 0 Å². The molecule has 1 amide bonds. The van der Waals surface area contributed by atoms with Gasteiger partial charge in [0, 0.05) is 16.8 Å². The predicted molar refractivity (Wildman–Crippen MR) is 96.2 cm³/mol. The molecular weight excluding hydrogens is 363 g/mol. The molecule has 0 aliphatic carbocycles. The quantitative estimate of drug-likeness (QED) is 0.631. The van der Waals surface area contributed by atoms with Gasteiger partial charge in [-0.3, -0.25) is 4.79 Å². The number of nitrogens with zero attached hydrogens (tertiary/aromatic N) is 1. The van der Waals surface area contributed by atoms with E-state index < -0.39 is 18.5 Å². The van der Waals surface area contributed by atoms with Crippen molar-refractivity contribution in [2.45, 2.75) is 0 Å². The van der Waals surface area contributed by atoms with E-state index in [2.05, 4.69) is 5.32 Å². The van der Waals surface area contributed by atoms with Gasteiger partial charge in [0.2, 0.25) is 0 Å². The maximum atomic E-state index is 11.8. The minimum absolute atomic E-state index is 0.222. The van der Waals surface area contributed by atoms with Gasteiger partial charge in [-0.15, -0.1) is 0 Å². The molecule has 126 valence electrons. The van der Waals surface area contributed by atoms with E-state index >= 15 is 0 Å². The zero-order valence-corrected chi connectivity index (χ0v) is 14.3. The minimum atomic E-state index is -0.673. The molecule has 0 spiro atoms. The summed E-state index contributed by atoms with van der Waals surface area (Å²) in [6, 6.07) is 13.4. The Kier molecular flexibility index (Phi) is 6.58. The molecule has 0 aromatic heterocycles. The highest BCUT2D eigenvalue weighted by Crippen LogP contribution is 2.20. The molecule has 0 aliphatic rings. The molecule has 0 radical (unpaired) electrons. The Morgan fingerprint density at radius 3 is 2.60 bits per heavy atom. The summed E-state index contributed by atoms with van der Waals surface area (Å²) in [5.41, 5.74) is 1.37. The fourth-order valence-corrected chi connectivity index (χ4v) is 2.26. The Hall–Kier alpha value is -2.81. The molecule has 25 heavy (non-hydrogen) atoms. The summed E-state index contributed by atoms with van der Waals surface area (Å²) in [6.45, 7) is -0.455. The Morgan fingerprint density at radius 1 is 1.16 bits per heavy atom. The Morgan fingerprint density at radius 2 is 1.92 bits per heavy atom. The average molecular weight is 375 g/mol. The summed E-state index contributed by atoms with van der Waals surface area (Å²) in [6.07, 6.45) is 2.69. The first-order valence-electron chi connectivity index (χ1n) is 7.08. The standard InChI is InChI=1S/C18H12Cl2N2O3/c19-15-4-2-1-3-12(15)6-8-18(24)25-11-17(23)22-14-7-5-13(10-21)16(20)9-14/h1-9H,11H2,(H,22,23)/b8-6+. The van der Waals surface area contributed by atoms with Crippen molar-refractivity contribution in [3.05, 3.63) is 69.7 Å². The molecule has 2 aromatic carbocycles. The maximum Gasteiger partial charge on any atom is 0.331 e. The Labute approximate surface area is 154 Å². The molecule has 5 nitrogen and oxygen atoms in total. The second-order valence-electron chi connectivity index (χ2n) is 4.82. The zero-order valence-electron chi connectivity index (χ0n) is 12.8. The van der Waals surface area contributed by atoms with Crippen molar-refractivity contribution in [1.82, 2.24) is 0 Å². The number of nitriles is 1. The van der Waals surface area contributed by atoms with E-state index in [1.165, 1.54) is 30.4 Å². The number of halogens is 2. The number of carbonyl (C=O) groups is 2. The third-order valence-corrected chi connectivity index (χ3v) is 3.68. The summed E-state index contributed by atoms with van der Waals surface area (Å²) in [7, 11) is 0. The number of ether oxygens (including phenoxy) is 1. The van der Waals surface area contributed by atoms with Crippen LogP contribution in [-0.2, 0) is 14.3 Å². The molecule has 1 N–H and O–H groups in total. The first-order valence-corrected chi connectivity index (χ1v) is 7.84. The fourth-order valence-electron chi connectivity index (χ4n) is 1.83. The molecule has 7 heteroatoms. The smallest absolute Gasteiger partial charge is 0.331 e. The van der Waals surface area contributed by atoms with Crippen molar-refractivity contribution >= 4 is 46.8 Å². The van der Waals surface area contributed by atoms with E-state index in [0.29, 0.717) is 21.8 Å². The summed E-state index contributed by atoms with van der Waals surface area (Å²) < 4.78 is 4.85. The predicted octanol–water partition coefficient (Wildman–Crippen LogP) is 4.06. The monoisotopic (exact) mass is 374 g/mol. The summed E-state index contributed by atoms with van der Waals surface area (Å²) in [5.74, 6) is -1.20. The minimum Gasteiger partial charge on any atom is -0.452 e. The second kappa shape index (κ2) is 8.88. The molecule has 2 aromatic rings. The van der Waals surface area contributed by atoms with E-state index in [1.807, 2.05) is 6.07 Å². The van der Waals surface area contributed by atoms with Crippen LogP contribution in [0.2, 0.25) is 10.0 Å². The van der Waals surface area contributed by atoms with Crippen molar-refractivity contribution in [2.75, 3.05) is 11.9 Å². The summed E-state index contributed by atoms with van der Waals surface area (Å²) in [5, 5.41) is 12.0. The van der Waals surface area contributed by atoms with Crippen LogP contribution in [0.25, 0.3) is 6.08 Å². The van der Waals surface area contributed by atoms with Crippen LogP contribution in [0.5, 0.6) is 0 Å². The normalized spacial score (nSPS) is 10.3. The number of hydrogen-bond donors (Lipinski definition) is 1. The fraction of sp³-hybridized carbons (Fsp3) is 0.0556. The number of hydrogen-bond acceptors (Lipinski definition) is 4. The van der Waals surface area contributed by atoms with Crippen LogP contribution in [-0.4, -0.2) is 18.5 Å². The van der Waals surface area contributed by atoms with Gasteiger partial charge in [0.25, 0.3) is 5.91 Å². The molecular formula is C18H12Cl2N2O3. The summed E-state index contributed by atoms with van der Waals surface area (Å²) >= 11 is 11.8. The van der Waals surface area contributed by atoms with Crippen LogP contribution in [0.15, 0.2) is 48.5 Å². The van der Waals surface area contributed by atoms with Gasteiger partial charge in [-0.05, 0) is 35.9 Å². The lowest BCUT2D eigenvalue weighted by molar-refractivity contribution is -0.142. The van der Waals surface area contributed by atoms with E-state index in [1.54, 1.807) is 24.3 Å². The van der Waals surface area contributed by atoms with Crippen molar-refractivity contribution in [2.24, 2.45) is 0 Å². The molecule has 0 unspecified atom stereocenters. The molecule has 0 saturated carbocycles. The van der Waals surface area contributed by atoms with E-state index in [-0.39, 0.29) is 5.02 Å². The van der Waals surface area contributed by atoms with Crippen LogP contribution in [0.4, 0.5) is 5.69 Å². The first-order chi connectivity index (χ1) is 12.0. The van der Waals surface area contributed by atoms with Gasteiger partial charge in [0.1, 0.15) is 6.07 Å². The Balaban J connectivity index is 1.85. The van der Waals surface area contributed by atoms with Crippen molar-refractivity contribution in [3.63, 3.8) is 0 Å². The number of rotatable bonds is 5. The zero-order chi connectivity index (χ0) is 18.2. The highest BCUT2D eigenvalue weighted by Gasteiger charge is 2.08. The molecule has 0 atom stereocenters. The number of carbonyl (C=O) groups excluding carboxylic acids is 2. The molecule has 0 heterocycles. The van der Waals surface area contributed by atoms with Crippen LogP contribution in [0, 0.1) is 11.3 Å². The number of anilines is 1. The third kappa shape index (κ3) is 5.64. The second-order valence-corrected chi connectivity index (χ2v) is 5.63. The lowest BCUT2D eigenvalue weighted by atomic mass is 10.2. The van der Waals surface area contributed by atoms with Gasteiger partial charge >= 0.3 is 5.97 Å². The third-order valence-electron chi connectivity index (χ3n) is 3.02. The van der Waals surface area contributed by atoms with Crippen molar-refractivity contribution in [3.8, 4) is 6.07 Å². The lowest BCUT2D eigenvalue weighted by Gasteiger charge is -2.06. The molecule has 0 saturated heterocycles. The molecule has 0 fully saturated rings. The largest absolute Gasteiger partial charge is 0.452 e. The van der Waals surface area contributed by atoms with Crippen LogP contribution >= 0.6 is 23.2 Å². The van der Waals surface area contributed by atoms with E-state index in [4.69, 9.17) is 33.2 Å². The topological polar surface area (TPSA) is 79.2 Å². The Bertz CT molecular complexity index is 873. The molecule has 0 bridgehead atoms. The van der Waals surface area contributed by atoms with Crippen LogP contribution < -0.4 is 5.32 Å². The van der Waals surface area contributed by atoms with Gasteiger partial charge < -0.3 is 10.1 Å². The number of amides is 1. The number of nitrogens with one attached hydrogen (secondary N) is 1. The van der Waals surface area contributed by atoms with Gasteiger partial charge in [-0.25, -0.2) is 4.79 Å². The lowest BCUT2D eigenvalue weighted by Crippen LogP contribution is -2.20. The SMILES string of the molecule is N#Cc1ccc(NC(=O)COC(=O)/C=C/c2ccccc2Cl)cc1Cl. The first kappa shape index (κ1) is 18.5. The number of benzene rings is 2. The highest BCUT2D eigenvalue weighted by atomic mass is 35.5. The van der Waals surface area contributed by atoms with Crippen LogP contribution in [0.1, 0.15) is 11.1 Å². The highest BCUT2D eigenvalue weighted by molar-refractivity contribution is 6.32. The number of esters is 1. The molecule has 2 rings (SSSR count). The van der Waals surface area contributed by atoms with Crippen molar-refractivity contribution in [1.29, 1.82) is 5.26 Å². The summed E-state index contributed by atoms with van der Waals surface area (Å²) in [4.78, 5) is 23.4. The van der Waals surface area contributed by atoms with Crippen molar-refractivity contribution < 1.29 is 14.3 Å². The van der Waals surface area contributed by atoms with Crippen LogP contribution in [0.3, 0.4) is 0 Å².